The van der Waals surface area contributed by atoms with Crippen LogP contribution in [0, 0.1) is 0 Å². The molecular weight excluding hydrogens is 268 g/mol. The molecule has 88 valence electrons. The van der Waals surface area contributed by atoms with Gasteiger partial charge in [-0.15, -0.1) is 0 Å². The third kappa shape index (κ3) is 3.23. The highest BCUT2D eigenvalue weighted by atomic mass is 79.9. The molecule has 0 spiro atoms. The minimum atomic E-state index is -0.127. The molecular formula is C12H17BrN2O. The first-order valence-electron chi connectivity index (χ1n) is 5.19. The van der Waals surface area contributed by atoms with Crippen LogP contribution in [0.2, 0.25) is 0 Å². The molecule has 3 nitrogen and oxygen atoms in total. The van der Waals surface area contributed by atoms with Gasteiger partial charge in [0.15, 0.2) is 0 Å². The second kappa shape index (κ2) is 5.34. The standard InChI is InChI=1S/C12H17BrN2O/c1-8(2)9-5-6-11(10(13)7-9)14-12(16)15(3)4/h5-8H,1-4H3,(H,14,16). The van der Waals surface area contributed by atoms with Gasteiger partial charge in [0, 0.05) is 18.6 Å². The van der Waals surface area contributed by atoms with Crippen LogP contribution in [0.25, 0.3) is 0 Å². The van der Waals surface area contributed by atoms with Gasteiger partial charge in [0.25, 0.3) is 0 Å². The van der Waals surface area contributed by atoms with E-state index in [0.717, 1.165) is 10.2 Å². The number of nitrogens with zero attached hydrogens (tertiary/aromatic N) is 1. The Morgan fingerprint density at radius 2 is 2.00 bits per heavy atom. The van der Waals surface area contributed by atoms with E-state index in [4.69, 9.17) is 0 Å². The zero-order valence-electron chi connectivity index (χ0n) is 10.0. The Balaban J connectivity index is 2.87. The van der Waals surface area contributed by atoms with Gasteiger partial charge in [0.2, 0.25) is 0 Å². The topological polar surface area (TPSA) is 32.3 Å². The second-order valence-corrected chi connectivity index (χ2v) is 5.07. The number of nitrogens with one attached hydrogen (secondary N) is 1. The van der Waals surface area contributed by atoms with E-state index < -0.39 is 0 Å². The minimum absolute atomic E-state index is 0.127. The van der Waals surface area contributed by atoms with E-state index in [1.807, 2.05) is 18.2 Å². The van der Waals surface area contributed by atoms with E-state index in [1.165, 1.54) is 10.5 Å². The molecule has 1 aromatic rings. The van der Waals surface area contributed by atoms with Gasteiger partial charge in [0.05, 0.1) is 5.69 Å². The van der Waals surface area contributed by atoms with Crippen molar-refractivity contribution in [1.82, 2.24) is 4.90 Å². The molecule has 0 aromatic heterocycles. The molecule has 0 saturated heterocycles. The van der Waals surface area contributed by atoms with Crippen molar-refractivity contribution in [1.29, 1.82) is 0 Å². The predicted octanol–water partition coefficient (Wildman–Crippen LogP) is 3.67. The fourth-order valence-corrected chi connectivity index (χ4v) is 1.71. The average molecular weight is 285 g/mol. The van der Waals surface area contributed by atoms with Crippen molar-refractivity contribution in [3.63, 3.8) is 0 Å². The summed E-state index contributed by atoms with van der Waals surface area (Å²) < 4.78 is 0.911. The Hall–Kier alpha value is -1.03. The van der Waals surface area contributed by atoms with Gasteiger partial charge >= 0.3 is 6.03 Å². The number of carbonyl (C=O) groups is 1. The summed E-state index contributed by atoms with van der Waals surface area (Å²) >= 11 is 3.46. The van der Waals surface area contributed by atoms with Crippen LogP contribution >= 0.6 is 15.9 Å². The molecule has 0 fully saturated rings. The molecule has 0 saturated carbocycles. The lowest BCUT2D eigenvalue weighted by Crippen LogP contribution is -2.27. The van der Waals surface area contributed by atoms with Crippen molar-refractivity contribution in [2.24, 2.45) is 0 Å². The molecule has 0 heterocycles. The lowest BCUT2D eigenvalue weighted by Gasteiger charge is -2.14. The molecule has 1 rings (SSSR count). The van der Waals surface area contributed by atoms with Gasteiger partial charge < -0.3 is 10.2 Å². The van der Waals surface area contributed by atoms with Crippen LogP contribution in [-0.4, -0.2) is 25.0 Å². The molecule has 4 heteroatoms. The van der Waals surface area contributed by atoms with Crippen LogP contribution in [0.3, 0.4) is 0 Å². The van der Waals surface area contributed by atoms with E-state index in [9.17, 15) is 4.79 Å². The molecule has 1 aromatic carbocycles. The lowest BCUT2D eigenvalue weighted by molar-refractivity contribution is 0.230. The fraction of sp³-hybridized carbons (Fsp3) is 0.417. The van der Waals surface area contributed by atoms with Gasteiger partial charge in [-0.2, -0.15) is 0 Å². The largest absolute Gasteiger partial charge is 0.331 e. The zero-order chi connectivity index (χ0) is 12.3. The maximum Gasteiger partial charge on any atom is 0.321 e. The van der Waals surface area contributed by atoms with Crippen molar-refractivity contribution in [3.8, 4) is 0 Å². The number of benzene rings is 1. The normalized spacial score (nSPS) is 10.4. The first-order chi connectivity index (χ1) is 7.41. The highest BCUT2D eigenvalue weighted by Gasteiger charge is 2.08. The fourth-order valence-electron chi connectivity index (χ4n) is 1.22. The number of urea groups is 1. The number of hydrogen-bond donors (Lipinski definition) is 1. The van der Waals surface area contributed by atoms with Gasteiger partial charge in [0.1, 0.15) is 0 Å². The van der Waals surface area contributed by atoms with Crippen LogP contribution in [-0.2, 0) is 0 Å². The monoisotopic (exact) mass is 284 g/mol. The highest BCUT2D eigenvalue weighted by Crippen LogP contribution is 2.27. The molecule has 0 radical (unpaired) electrons. The van der Waals surface area contributed by atoms with Gasteiger partial charge in [-0.1, -0.05) is 19.9 Å². The maximum absolute atomic E-state index is 11.5. The Labute approximate surface area is 105 Å². The van der Waals surface area contributed by atoms with Crippen LogP contribution in [0.15, 0.2) is 22.7 Å². The minimum Gasteiger partial charge on any atom is -0.331 e. The Morgan fingerprint density at radius 1 is 1.38 bits per heavy atom. The van der Waals surface area contributed by atoms with E-state index in [1.54, 1.807) is 14.1 Å². The summed E-state index contributed by atoms with van der Waals surface area (Å²) in [4.78, 5) is 13.0. The summed E-state index contributed by atoms with van der Waals surface area (Å²) in [6.45, 7) is 4.28. The SMILES string of the molecule is CC(C)c1ccc(NC(=O)N(C)C)c(Br)c1. The number of amides is 2. The summed E-state index contributed by atoms with van der Waals surface area (Å²) in [7, 11) is 3.43. The van der Waals surface area contributed by atoms with Crippen molar-refractivity contribution in [2.75, 3.05) is 19.4 Å². The van der Waals surface area contributed by atoms with Gasteiger partial charge in [-0.05, 0) is 39.5 Å². The number of anilines is 1. The van der Waals surface area contributed by atoms with E-state index in [-0.39, 0.29) is 6.03 Å². The van der Waals surface area contributed by atoms with Crippen molar-refractivity contribution in [2.45, 2.75) is 19.8 Å². The van der Waals surface area contributed by atoms with E-state index >= 15 is 0 Å². The van der Waals surface area contributed by atoms with E-state index in [2.05, 4.69) is 35.1 Å². The van der Waals surface area contributed by atoms with Crippen molar-refractivity contribution >= 4 is 27.6 Å². The molecule has 0 aliphatic carbocycles. The summed E-state index contributed by atoms with van der Waals surface area (Å²) in [5.74, 6) is 0.481. The predicted molar refractivity (Wildman–Crippen MR) is 70.9 cm³/mol. The van der Waals surface area contributed by atoms with Crippen molar-refractivity contribution < 1.29 is 4.79 Å². The van der Waals surface area contributed by atoms with Gasteiger partial charge in [-0.3, -0.25) is 0 Å². The second-order valence-electron chi connectivity index (χ2n) is 4.22. The summed E-state index contributed by atoms with van der Waals surface area (Å²) in [5.41, 5.74) is 2.04. The third-order valence-electron chi connectivity index (χ3n) is 2.31. The third-order valence-corrected chi connectivity index (χ3v) is 2.96. The summed E-state index contributed by atoms with van der Waals surface area (Å²) in [6, 6.07) is 5.86. The van der Waals surface area contributed by atoms with Crippen LogP contribution in [0.5, 0.6) is 0 Å². The molecule has 1 N–H and O–H groups in total. The molecule has 0 bridgehead atoms. The molecule has 0 unspecified atom stereocenters. The number of hydrogen-bond acceptors (Lipinski definition) is 1. The number of carbonyl (C=O) groups excluding carboxylic acids is 1. The maximum atomic E-state index is 11.5. The Kier molecular flexibility index (Phi) is 4.35. The zero-order valence-corrected chi connectivity index (χ0v) is 11.6. The average Bonchev–Trinajstić information content (AvgIpc) is 2.20. The molecule has 0 aliphatic rings. The number of rotatable bonds is 2. The quantitative estimate of drug-likeness (QED) is 0.883. The van der Waals surface area contributed by atoms with Crippen molar-refractivity contribution in [3.05, 3.63) is 28.2 Å². The Morgan fingerprint density at radius 3 is 2.44 bits per heavy atom. The highest BCUT2D eigenvalue weighted by molar-refractivity contribution is 9.10. The van der Waals surface area contributed by atoms with Crippen LogP contribution in [0.4, 0.5) is 10.5 Å². The number of halogens is 1. The molecule has 16 heavy (non-hydrogen) atoms. The van der Waals surface area contributed by atoms with E-state index in [0.29, 0.717) is 5.92 Å². The molecule has 0 aliphatic heterocycles. The molecule has 0 atom stereocenters. The Bertz CT molecular complexity index is 389. The molecule has 2 amide bonds. The first kappa shape index (κ1) is 13.0. The smallest absolute Gasteiger partial charge is 0.321 e. The summed E-state index contributed by atoms with van der Waals surface area (Å²) in [5, 5.41) is 2.82. The van der Waals surface area contributed by atoms with Gasteiger partial charge in [-0.25, -0.2) is 4.79 Å². The first-order valence-corrected chi connectivity index (χ1v) is 5.99. The summed E-state index contributed by atoms with van der Waals surface area (Å²) in [6.07, 6.45) is 0. The van der Waals surface area contributed by atoms with Crippen LogP contribution < -0.4 is 5.32 Å². The lowest BCUT2D eigenvalue weighted by atomic mass is 10.0. The van der Waals surface area contributed by atoms with Crippen LogP contribution in [0.1, 0.15) is 25.3 Å².